The van der Waals surface area contributed by atoms with Crippen molar-refractivity contribution in [2.24, 2.45) is 0 Å². The Kier molecular flexibility index (Phi) is 5.36. The number of halogens is 1. The summed E-state index contributed by atoms with van der Waals surface area (Å²) in [5.74, 6) is 0.884. The summed E-state index contributed by atoms with van der Waals surface area (Å²) in [7, 11) is 0. The van der Waals surface area contributed by atoms with Crippen molar-refractivity contribution in [1.29, 1.82) is 0 Å². The van der Waals surface area contributed by atoms with Gasteiger partial charge in [-0.2, -0.15) is 0 Å². The van der Waals surface area contributed by atoms with E-state index in [9.17, 15) is 4.79 Å². The summed E-state index contributed by atoms with van der Waals surface area (Å²) in [6, 6.07) is 15.7. The number of piperidine rings is 1. The lowest BCUT2D eigenvalue weighted by Gasteiger charge is -2.22. The van der Waals surface area contributed by atoms with E-state index in [1.54, 1.807) is 0 Å². The molecule has 1 fully saturated rings. The highest BCUT2D eigenvalue weighted by atomic mass is 35.5. The predicted octanol–water partition coefficient (Wildman–Crippen LogP) is 3.73. The van der Waals surface area contributed by atoms with Gasteiger partial charge < -0.3 is 15.6 Å². The molecule has 1 aliphatic heterocycles. The topological polar surface area (TPSA) is 69.8 Å². The number of anilines is 1. The number of H-pyrrole nitrogens is 1. The molecule has 2 heterocycles. The van der Waals surface area contributed by atoms with Crippen LogP contribution in [-0.4, -0.2) is 28.5 Å². The van der Waals surface area contributed by atoms with Gasteiger partial charge in [0.05, 0.1) is 17.1 Å². The number of carbonyl (C=O) groups excluding carboxylic acids is 1. The first kappa shape index (κ1) is 17.5. The van der Waals surface area contributed by atoms with Crippen molar-refractivity contribution in [3.63, 3.8) is 0 Å². The first-order valence-corrected chi connectivity index (χ1v) is 8.39. The quantitative estimate of drug-likeness (QED) is 0.669. The largest absolute Gasteiger partial charge is 0.338 e. The van der Waals surface area contributed by atoms with Gasteiger partial charge in [0.15, 0.2) is 0 Å². The van der Waals surface area contributed by atoms with Crippen LogP contribution in [0.25, 0.3) is 22.4 Å². The van der Waals surface area contributed by atoms with E-state index >= 15 is 0 Å². The van der Waals surface area contributed by atoms with Crippen LogP contribution in [0.4, 0.5) is 5.69 Å². The third-order valence-corrected chi connectivity index (χ3v) is 4.44. The second-order valence-corrected chi connectivity index (χ2v) is 6.17. The number of carbonyl (C=O) groups is 1. The molecule has 2 aromatic carbocycles. The van der Waals surface area contributed by atoms with Crippen molar-refractivity contribution in [2.45, 2.75) is 25.3 Å². The van der Waals surface area contributed by atoms with Gasteiger partial charge >= 0.3 is 0 Å². The molecule has 4 rings (SSSR count). The molecule has 5 nitrogen and oxygen atoms in total. The van der Waals surface area contributed by atoms with Gasteiger partial charge in [-0.25, -0.2) is 4.98 Å². The highest BCUT2D eigenvalue weighted by Crippen LogP contribution is 2.22. The minimum absolute atomic E-state index is 0. The van der Waals surface area contributed by atoms with Crippen LogP contribution in [0.2, 0.25) is 0 Å². The molecule has 1 aromatic heterocycles. The number of para-hydroxylation sites is 2. The number of aromatic nitrogens is 2. The Morgan fingerprint density at radius 2 is 1.88 bits per heavy atom. The van der Waals surface area contributed by atoms with Crippen LogP contribution >= 0.6 is 12.4 Å². The molecule has 0 bridgehead atoms. The van der Waals surface area contributed by atoms with Crippen LogP contribution in [-0.2, 0) is 4.79 Å². The molecule has 0 unspecified atom stereocenters. The Hall–Kier alpha value is -2.37. The van der Waals surface area contributed by atoms with Crippen molar-refractivity contribution in [1.82, 2.24) is 15.3 Å². The summed E-state index contributed by atoms with van der Waals surface area (Å²) in [6.45, 7) is 0.920. The molecule has 1 saturated heterocycles. The molecule has 0 spiro atoms. The Labute approximate surface area is 152 Å². The Morgan fingerprint density at radius 1 is 1.08 bits per heavy atom. The number of nitrogens with one attached hydrogen (secondary N) is 3. The molecule has 1 amide bonds. The molecule has 6 heteroatoms. The predicted molar refractivity (Wildman–Crippen MR) is 103 cm³/mol. The van der Waals surface area contributed by atoms with Crippen molar-refractivity contribution in [2.75, 3.05) is 11.9 Å². The molecule has 1 atom stereocenters. The number of aromatic amines is 1. The zero-order valence-corrected chi connectivity index (χ0v) is 14.6. The fourth-order valence-electron chi connectivity index (χ4n) is 3.11. The van der Waals surface area contributed by atoms with Crippen molar-refractivity contribution in [3.8, 4) is 11.4 Å². The fourth-order valence-corrected chi connectivity index (χ4v) is 3.11. The fraction of sp³-hybridized carbons (Fsp3) is 0.263. The number of hydrogen-bond donors (Lipinski definition) is 3. The molecule has 3 aromatic rings. The Balaban J connectivity index is 0.00000182. The molecule has 3 N–H and O–H groups in total. The highest BCUT2D eigenvalue weighted by Gasteiger charge is 2.20. The van der Waals surface area contributed by atoms with Gasteiger partial charge in [0.25, 0.3) is 0 Å². The summed E-state index contributed by atoms with van der Waals surface area (Å²) < 4.78 is 0. The lowest BCUT2D eigenvalue weighted by molar-refractivity contribution is -0.118. The number of hydrogen-bond acceptors (Lipinski definition) is 3. The third-order valence-electron chi connectivity index (χ3n) is 4.44. The second kappa shape index (κ2) is 7.68. The Morgan fingerprint density at radius 3 is 2.60 bits per heavy atom. The first-order chi connectivity index (χ1) is 11.8. The van der Waals surface area contributed by atoms with E-state index < -0.39 is 0 Å². The minimum atomic E-state index is -0.0752. The molecule has 1 aliphatic rings. The summed E-state index contributed by atoms with van der Waals surface area (Å²) in [4.78, 5) is 20.2. The number of rotatable bonds is 3. The van der Waals surface area contributed by atoms with E-state index in [4.69, 9.17) is 0 Å². The Bertz CT molecular complexity index is 820. The molecular weight excluding hydrogens is 336 g/mol. The molecule has 0 saturated carbocycles. The van der Waals surface area contributed by atoms with E-state index in [2.05, 4.69) is 20.6 Å². The van der Waals surface area contributed by atoms with E-state index in [0.29, 0.717) is 0 Å². The third kappa shape index (κ3) is 3.83. The SMILES string of the molecule is Cl.O=C(Nc1ccc(-c2nc3ccccc3[nH]2)cc1)[C@H]1CCCCN1. The van der Waals surface area contributed by atoms with Crippen LogP contribution in [0.1, 0.15) is 19.3 Å². The molecule has 0 aliphatic carbocycles. The lowest BCUT2D eigenvalue weighted by Crippen LogP contribution is -2.43. The van der Waals surface area contributed by atoms with Crippen LogP contribution in [0.5, 0.6) is 0 Å². The van der Waals surface area contributed by atoms with E-state index in [1.807, 2.05) is 48.5 Å². The summed E-state index contributed by atoms with van der Waals surface area (Å²) in [5.41, 5.74) is 3.79. The van der Waals surface area contributed by atoms with Crippen molar-refractivity contribution >= 4 is 35.0 Å². The minimum Gasteiger partial charge on any atom is -0.338 e. The zero-order valence-electron chi connectivity index (χ0n) is 13.8. The maximum Gasteiger partial charge on any atom is 0.241 e. The monoisotopic (exact) mass is 356 g/mol. The second-order valence-electron chi connectivity index (χ2n) is 6.17. The average molecular weight is 357 g/mol. The number of imidazole rings is 1. The van der Waals surface area contributed by atoms with Crippen LogP contribution in [0.15, 0.2) is 48.5 Å². The highest BCUT2D eigenvalue weighted by molar-refractivity contribution is 5.95. The van der Waals surface area contributed by atoms with Gasteiger partial charge in [0.1, 0.15) is 5.82 Å². The number of nitrogens with zero attached hydrogens (tertiary/aromatic N) is 1. The van der Waals surface area contributed by atoms with Crippen molar-refractivity contribution < 1.29 is 4.79 Å². The van der Waals surface area contributed by atoms with Crippen LogP contribution < -0.4 is 10.6 Å². The van der Waals surface area contributed by atoms with Gasteiger partial charge in [0.2, 0.25) is 5.91 Å². The van der Waals surface area contributed by atoms with Gasteiger partial charge in [0, 0.05) is 11.3 Å². The molecule has 0 radical (unpaired) electrons. The number of amides is 1. The van der Waals surface area contributed by atoms with E-state index in [1.165, 1.54) is 0 Å². The van der Waals surface area contributed by atoms with Gasteiger partial charge in [-0.15, -0.1) is 12.4 Å². The smallest absolute Gasteiger partial charge is 0.241 e. The first-order valence-electron chi connectivity index (χ1n) is 8.39. The summed E-state index contributed by atoms with van der Waals surface area (Å²) in [6.07, 6.45) is 3.16. The van der Waals surface area contributed by atoms with E-state index in [-0.39, 0.29) is 24.4 Å². The maximum absolute atomic E-state index is 12.2. The van der Waals surface area contributed by atoms with Crippen LogP contribution in [0, 0.1) is 0 Å². The summed E-state index contributed by atoms with van der Waals surface area (Å²) in [5, 5.41) is 6.25. The van der Waals surface area contributed by atoms with Crippen LogP contribution in [0.3, 0.4) is 0 Å². The van der Waals surface area contributed by atoms with Gasteiger partial charge in [-0.05, 0) is 55.8 Å². The lowest BCUT2D eigenvalue weighted by atomic mass is 10.0. The zero-order chi connectivity index (χ0) is 16.4. The van der Waals surface area contributed by atoms with E-state index in [0.717, 1.165) is 53.9 Å². The van der Waals surface area contributed by atoms with Gasteiger partial charge in [-0.1, -0.05) is 18.6 Å². The molecular formula is C19H21ClN4O. The molecule has 25 heavy (non-hydrogen) atoms. The summed E-state index contributed by atoms with van der Waals surface area (Å²) >= 11 is 0. The average Bonchev–Trinajstić information content (AvgIpc) is 3.07. The maximum atomic E-state index is 12.2. The number of benzene rings is 2. The van der Waals surface area contributed by atoms with Gasteiger partial charge in [-0.3, -0.25) is 4.79 Å². The molecule has 130 valence electrons. The standard InChI is InChI=1S/C19H20N4O.ClH/c24-19(17-7-3-4-12-20-17)21-14-10-8-13(9-11-14)18-22-15-5-1-2-6-16(15)23-18;/h1-2,5-6,8-11,17,20H,3-4,7,12H2,(H,21,24)(H,22,23);1H/t17-;/m1./s1. The number of fused-ring (bicyclic) bond motifs is 1. The van der Waals surface area contributed by atoms with Crippen molar-refractivity contribution in [3.05, 3.63) is 48.5 Å². The normalized spacial score (nSPS) is 17.0.